The summed E-state index contributed by atoms with van der Waals surface area (Å²) in [6, 6.07) is 5.32. The van der Waals surface area contributed by atoms with Crippen molar-refractivity contribution in [2.45, 2.75) is 30.1 Å². The Labute approximate surface area is 172 Å². The molecule has 10 heteroatoms. The number of hydrogen-bond acceptors (Lipinski definition) is 8. The minimum absolute atomic E-state index is 0.271. The molecule has 0 radical (unpaired) electrons. The largest absolute Gasteiger partial charge is 0.493 e. The van der Waals surface area contributed by atoms with E-state index in [1.54, 1.807) is 6.07 Å². The van der Waals surface area contributed by atoms with Crippen molar-refractivity contribution < 1.29 is 24.1 Å². The molecule has 0 fully saturated rings. The fourth-order valence-corrected chi connectivity index (χ4v) is 3.93. The van der Waals surface area contributed by atoms with E-state index in [0.29, 0.717) is 28.6 Å². The van der Waals surface area contributed by atoms with Crippen LogP contribution in [-0.4, -0.2) is 31.2 Å². The molecule has 0 amide bonds. The lowest BCUT2D eigenvalue weighted by Gasteiger charge is -2.20. The third kappa shape index (κ3) is 4.89. The molecule has 0 N–H and O–H groups in total. The zero-order valence-corrected chi connectivity index (χ0v) is 17.6. The van der Waals surface area contributed by atoms with Crippen LogP contribution in [0.2, 0.25) is 0 Å². The molecule has 0 aliphatic carbocycles. The van der Waals surface area contributed by atoms with E-state index in [-0.39, 0.29) is 22.2 Å². The van der Waals surface area contributed by atoms with E-state index in [1.165, 1.54) is 33.5 Å². The van der Waals surface area contributed by atoms with Crippen molar-refractivity contribution >= 4 is 23.1 Å². The average molecular weight is 422 g/mol. The fraction of sp³-hybridized carbons (Fsp3) is 0.368. The van der Waals surface area contributed by atoms with Gasteiger partial charge in [-0.3, -0.25) is 20.2 Å². The average Bonchev–Trinajstić information content (AvgIpc) is 2.67. The molecule has 0 spiro atoms. The van der Waals surface area contributed by atoms with E-state index >= 15 is 0 Å². The first-order valence-electron chi connectivity index (χ1n) is 8.65. The Morgan fingerprint density at radius 1 is 0.931 bits per heavy atom. The van der Waals surface area contributed by atoms with Crippen LogP contribution in [0.25, 0.3) is 0 Å². The van der Waals surface area contributed by atoms with Crippen LogP contribution in [0.1, 0.15) is 19.4 Å². The molecular weight excluding hydrogens is 400 g/mol. The summed E-state index contributed by atoms with van der Waals surface area (Å²) < 4.78 is 16.4. The maximum Gasteiger partial charge on any atom is 0.290 e. The Morgan fingerprint density at radius 2 is 1.59 bits per heavy atom. The monoisotopic (exact) mass is 422 g/mol. The molecule has 0 atom stereocenters. The summed E-state index contributed by atoms with van der Waals surface area (Å²) in [4.78, 5) is 22.2. The van der Waals surface area contributed by atoms with Gasteiger partial charge in [0.05, 0.1) is 42.1 Å². The second-order valence-corrected chi connectivity index (χ2v) is 7.57. The first-order chi connectivity index (χ1) is 13.7. The molecule has 0 aliphatic rings. The Bertz CT molecular complexity index is 931. The van der Waals surface area contributed by atoms with Crippen molar-refractivity contribution in [1.82, 2.24) is 0 Å². The van der Waals surface area contributed by atoms with E-state index in [0.717, 1.165) is 23.4 Å². The van der Waals surface area contributed by atoms with Gasteiger partial charge in [-0.2, -0.15) is 0 Å². The van der Waals surface area contributed by atoms with Crippen LogP contribution in [0.3, 0.4) is 0 Å². The standard InChI is InChI=1S/C19H22N2O7S/c1-11(2)8-13-17(10-15(26-3)19(28-5)18(13)27-4)29-16-7-6-12(20(22)23)9-14(16)21(24)25/h6-7,9-11H,8H2,1-5H3. The van der Waals surface area contributed by atoms with Gasteiger partial charge < -0.3 is 14.2 Å². The first kappa shape index (κ1) is 22.3. The van der Waals surface area contributed by atoms with Crippen LogP contribution in [0.5, 0.6) is 17.2 Å². The molecule has 0 saturated heterocycles. The second kappa shape index (κ2) is 9.46. The minimum Gasteiger partial charge on any atom is -0.493 e. The number of ether oxygens (including phenoxy) is 3. The maximum absolute atomic E-state index is 11.5. The highest BCUT2D eigenvalue weighted by Crippen LogP contribution is 2.48. The van der Waals surface area contributed by atoms with Crippen LogP contribution < -0.4 is 14.2 Å². The van der Waals surface area contributed by atoms with Gasteiger partial charge in [0, 0.05) is 16.5 Å². The quantitative estimate of drug-likeness (QED) is 0.415. The summed E-state index contributed by atoms with van der Waals surface area (Å²) >= 11 is 1.13. The molecule has 0 saturated carbocycles. The Kier molecular flexibility index (Phi) is 7.27. The van der Waals surface area contributed by atoms with Gasteiger partial charge >= 0.3 is 0 Å². The summed E-state index contributed by atoms with van der Waals surface area (Å²) in [7, 11) is 4.51. The fourth-order valence-electron chi connectivity index (χ4n) is 2.85. The van der Waals surface area contributed by atoms with Gasteiger partial charge in [-0.25, -0.2) is 0 Å². The number of nitrogens with zero attached hydrogens (tertiary/aromatic N) is 2. The van der Waals surface area contributed by atoms with Crippen molar-refractivity contribution in [3.63, 3.8) is 0 Å². The van der Waals surface area contributed by atoms with E-state index in [1.807, 2.05) is 13.8 Å². The number of nitro benzene ring substituents is 2. The minimum atomic E-state index is -0.662. The molecule has 0 aliphatic heterocycles. The van der Waals surface area contributed by atoms with Gasteiger partial charge in [-0.05, 0) is 24.5 Å². The number of hydrogen-bond donors (Lipinski definition) is 0. The number of nitro groups is 2. The summed E-state index contributed by atoms with van der Waals surface area (Å²) in [6.07, 6.45) is 0.632. The van der Waals surface area contributed by atoms with Crippen molar-refractivity contribution in [3.05, 3.63) is 50.1 Å². The molecule has 29 heavy (non-hydrogen) atoms. The van der Waals surface area contributed by atoms with Gasteiger partial charge in [-0.15, -0.1) is 0 Å². The number of rotatable bonds is 9. The van der Waals surface area contributed by atoms with Crippen molar-refractivity contribution in [1.29, 1.82) is 0 Å². The van der Waals surface area contributed by atoms with Crippen LogP contribution in [0.15, 0.2) is 34.1 Å². The smallest absolute Gasteiger partial charge is 0.290 e. The van der Waals surface area contributed by atoms with Crippen LogP contribution in [0.4, 0.5) is 11.4 Å². The SMILES string of the molecule is COc1cc(Sc2ccc([N+](=O)[O-])cc2[N+](=O)[O-])c(CC(C)C)c(OC)c1OC. The van der Waals surface area contributed by atoms with E-state index < -0.39 is 9.85 Å². The Balaban J connectivity index is 2.68. The highest BCUT2D eigenvalue weighted by molar-refractivity contribution is 7.99. The lowest BCUT2D eigenvalue weighted by molar-refractivity contribution is -0.396. The van der Waals surface area contributed by atoms with Gasteiger partial charge in [0.1, 0.15) is 0 Å². The van der Waals surface area contributed by atoms with Gasteiger partial charge in [0.15, 0.2) is 11.5 Å². The highest BCUT2D eigenvalue weighted by Gasteiger charge is 2.25. The summed E-state index contributed by atoms with van der Waals surface area (Å²) in [5, 5.41) is 22.5. The molecule has 0 bridgehead atoms. The normalized spacial score (nSPS) is 10.7. The predicted octanol–water partition coefficient (Wildman–Crippen LogP) is 4.88. The zero-order chi connectivity index (χ0) is 21.7. The number of non-ortho nitro benzene ring substituents is 1. The second-order valence-electron chi connectivity index (χ2n) is 6.49. The van der Waals surface area contributed by atoms with Crippen molar-refractivity contribution in [2.75, 3.05) is 21.3 Å². The third-order valence-corrected chi connectivity index (χ3v) is 5.22. The number of benzene rings is 2. The van der Waals surface area contributed by atoms with Crippen molar-refractivity contribution in [3.8, 4) is 17.2 Å². The molecule has 156 valence electrons. The molecular formula is C19H22N2O7S. The molecule has 2 aromatic rings. The number of methoxy groups -OCH3 is 3. The van der Waals surface area contributed by atoms with Crippen LogP contribution in [-0.2, 0) is 6.42 Å². The van der Waals surface area contributed by atoms with Gasteiger partial charge in [-0.1, -0.05) is 25.6 Å². The molecule has 2 rings (SSSR count). The highest BCUT2D eigenvalue weighted by atomic mass is 32.2. The summed E-state index contributed by atoms with van der Waals surface area (Å²) in [6.45, 7) is 4.08. The molecule has 0 aromatic heterocycles. The molecule has 9 nitrogen and oxygen atoms in total. The lowest BCUT2D eigenvalue weighted by atomic mass is 10.0. The molecule has 0 heterocycles. The van der Waals surface area contributed by atoms with Crippen LogP contribution >= 0.6 is 11.8 Å². The van der Waals surface area contributed by atoms with Crippen molar-refractivity contribution in [2.24, 2.45) is 5.92 Å². The summed E-state index contributed by atoms with van der Waals surface area (Å²) in [5.41, 5.74) is 0.139. The molecule has 2 aromatic carbocycles. The Morgan fingerprint density at radius 3 is 2.07 bits per heavy atom. The van der Waals surface area contributed by atoms with Gasteiger partial charge in [0.2, 0.25) is 5.75 Å². The third-order valence-electron chi connectivity index (χ3n) is 4.07. The van der Waals surface area contributed by atoms with Crippen LogP contribution in [0, 0.1) is 26.1 Å². The summed E-state index contributed by atoms with van der Waals surface area (Å²) in [5.74, 6) is 1.62. The molecule has 0 unspecified atom stereocenters. The van der Waals surface area contributed by atoms with Gasteiger partial charge in [0.25, 0.3) is 11.4 Å². The van der Waals surface area contributed by atoms with E-state index in [9.17, 15) is 20.2 Å². The first-order valence-corrected chi connectivity index (χ1v) is 9.47. The predicted molar refractivity (Wildman–Crippen MR) is 109 cm³/mol. The Hall–Kier alpha value is -3.01. The zero-order valence-electron chi connectivity index (χ0n) is 16.8. The van der Waals surface area contributed by atoms with E-state index in [4.69, 9.17) is 14.2 Å². The van der Waals surface area contributed by atoms with E-state index in [2.05, 4.69) is 0 Å². The maximum atomic E-state index is 11.5. The lowest BCUT2D eigenvalue weighted by Crippen LogP contribution is -2.04. The topological polar surface area (TPSA) is 114 Å².